The van der Waals surface area contributed by atoms with Crippen molar-refractivity contribution in [2.45, 2.75) is 31.3 Å². The molecule has 0 bridgehead atoms. The molecule has 1 N–H and O–H groups in total. The van der Waals surface area contributed by atoms with E-state index in [2.05, 4.69) is 53.5 Å². The van der Waals surface area contributed by atoms with Gasteiger partial charge in [-0.25, -0.2) is 0 Å². The summed E-state index contributed by atoms with van der Waals surface area (Å²) in [7, 11) is 0. The molecule has 0 saturated carbocycles. The van der Waals surface area contributed by atoms with E-state index in [9.17, 15) is 4.79 Å². The molecule has 3 nitrogen and oxygen atoms in total. The van der Waals surface area contributed by atoms with Crippen molar-refractivity contribution >= 4 is 5.78 Å². The quantitative estimate of drug-likeness (QED) is 0.810. The first-order valence-corrected chi connectivity index (χ1v) is 8.58. The van der Waals surface area contributed by atoms with Gasteiger partial charge in [0.1, 0.15) is 0 Å². The van der Waals surface area contributed by atoms with Crippen LogP contribution in [0.3, 0.4) is 0 Å². The summed E-state index contributed by atoms with van der Waals surface area (Å²) in [6, 6.07) is 17.2. The van der Waals surface area contributed by atoms with Gasteiger partial charge in [-0.15, -0.1) is 0 Å². The average Bonchev–Trinajstić information content (AvgIpc) is 3.19. The third-order valence-electron chi connectivity index (χ3n) is 4.75. The molecule has 2 aliphatic rings. The standard InChI is InChI=1S/C18H17NO.C4H6O/c20-18-11-17(14-7-3-4-8-15(14)18)19-16-10-9-12-5-1-2-6-13(12)16;1-3-5-4-2/h1-8,16-17,19H,9-11H2;3-4H,1-2H2. The van der Waals surface area contributed by atoms with Crippen LogP contribution in [0, 0.1) is 0 Å². The Hall–Kier alpha value is -2.65. The molecular formula is C22H23NO2. The van der Waals surface area contributed by atoms with Crippen molar-refractivity contribution in [1.29, 1.82) is 0 Å². The number of carbonyl (C=O) groups is 1. The highest BCUT2D eigenvalue weighted by molar-refractivity contribution is 6.01. The zero-order chi connectivity index (χ0) is 17.6. The van der Waals surface area contributed by atoms with Crippen LogP contribution in [0.25, 0.3) is 0 Å². The summed E-state index contributed by atoms with van der Waals surface area (Å²) in [6.07, 6.45) is 5.49. The van der Waals surface area contributed by atoms with Gasteiger partial charge in [0, 0.05) is 24.1 Å². The lowest BCUT2D eigenvalue weighted by Gasteiger charge is -2.20. The summed E-state index contributed by atoms with van der Waals surface area (Å²) < 4.78 is 4.36. The molecule has 128 valence electrons. The van der Waals surface area contributed by atoms with E-state index in [1.807, 2.05) is 18.2 Å². The molecule has 4 rings (SSSR count). The fourth-order valence-corrected chi connectivity index (χ4v) is 3.65. The molecule has 0 aliphatic heterocycles. The normalized spacial score (nSPS) is 20.1. The summed E-state index contributed by atoms with van der Waals surface area (Å²) in [4.78, 5) is 12.1. The lowest BCUT2D eigenvalue weighted by Crippen LogP contribution is -2.23. The predicted molar refractivity (Wildman–Crippen MR) is 100 cm³/mol. The maximum absolute atomic E-state index is 12.1. The number of ketones is 1. The van der Waals surface area contributed by atoms with Gasteiger partial charge < -0.3 is 10.1 Å². The number of ether oxygens (including phenoxy) is 1. The van der Waals surface area contributed by atoms with Crippen LogP contribution in [-0.4, -0.2) is 5.78 Å². The Morgan fingerprint density at radius 2 is 1.64 bits per heavy atom. The molecule has 2 aromatic carbocycles. The summed E-state index contributed by atoms with van der Waals surface area (Å²) in [5.41, 5.74) is 4.92. The fraction of sp³-hybridized carbons (Fsp3) is 0.227. The van der Waals surface area contributed by atoms with Crippen molar-refractivity contribution in [3.05, 3.63) is 96.5 Å². The summed E-state index contributed by atoms with van der Waals surface area (Å²) in [5, 5.41) is 3.70. The van der Waals surface area contributed by atoms with Crippen LogP contribution >= 0.6 is 0 Å². The van der Waals surface area contributed by atoms with E-state index in [1.54, 1.807) is 0 Å². The first-order chi connectivity index (χ1) is 12.2. The van der Waals surface area contributed by atoms with Crippen molar-refractivity contribution in [2.75, 3.05) is 0 Å². The molecule has 0 spiro atoms. The molecule has 0 amide bonds. The molecule has 2 aromatic rings. The van der Waals surface area contributed by atoms with Crippen LogP contribution in [-0.2, 0) is 11.2 Å². The first-order valence-electron chi connectivity index (χ1n) is 8.58. The highest BCUT2D eigenvalue weighted by Gasteiger charge is 2.32. The third kappa shape index (κ3) is 3.72. The number of benzene rings is 2. The second-order valence-corrected chi connectivity index (χ2v) is 6.19. The molecule has 0 heterocycles. The number of carbonyl (C=O) groups excluding carboxylic acids is 1. The van der Waals surface area contributed by atoms with Crippen LogP contribution in [0.1, 0.15) is 52.0 Å². The van der Waals surface area contributed by atoms with E-state index in [0.29, 0.717) is 12.5 Å². The van der Waals surface area contributed by atoms with E-state index >= 15 is 0 Å². The molecule has 0 aromatic heterocycles. The maximum Gasteiger partial charge on any atom is 0.165 e. The Balaban J connectivity index is 0.000000324. The van der Waals surface area contributed by atoms with Gasteiger partial charge in [0.05, 0.1) is 12.5 Å². The Bertz CT molecular complexity index is 775. The van der Waals surface area contributed by atoms with Gasteiger partial charge in [0.25, 0.3) is 0 Å². The molecular weight excluding hydrogens is 310 g/mol. The SMILES string of the molecule is C=COC=C.O=C1CC(NC2CCc3ccccc32)c2ccccc21. The van der Waals surface area contributed by atoms with Gasteiger partial charge >= 0.3 is 0 Å². The summed E-state index contributed by atoms with van der Waals surface area (Å²) in [6.45, 7) is 6.51. The molecule has 3 heteroatoms. The highest BCUT2D eigenvalue weighted by Crippen LogP contribution is 2.37. The zero-order valence-corrected chi connectivity index (χ0v) is 14.3. The lowest BCUT2D eigenvalue weighted by atomic mass is 10.0. The Morgan fingerprint density at radius 3 is 2.36 bits per heavy atom. The summed E-state index contributed by atoms with van der Waals surface area (Å²) in [5.74, 6) is 0.268. The van der Waals surface area contributed by atoms with Crippen molar-refractivity contribution in [1.82, 2.24) is 5.32 Å². The smallest absolute Gasteiger partial charge is 0.165 e. The molecule has 0 saturated heterocycles. The van der Waals surface area contributed by atoms with E-state index in [-0.39, 0.29) is 11.8 Å². The minimum atomic E-state index is 0.176. The number of hydrogen-bond donors (Lipinski definition) is 1. The number of rotatable bonds is 4. The van der Waals surface area contributed by atoms with Crippen LogP contribution in [0.5, 0.6) is 0 Å². The lowest BCUT2D eigenvalue weighted by molar-refractivity contribution is 0.0984. The van der Waals surface area contributed by atoms with E-state index in [1.165, 1.54) is 29.2 Å². The average molecular weight is 333 g/mol. The minimum Gasteiger partial charge on any atom is -0.474 e. The second kappa shape index (κ2) is 7.95. The first kappa shape index (κ1) is 17.2. The predicted octanol–water partition coefficient (Wildman–Crippen LogP) is 4.88. The molecule has 0 fully saturated rings. The van der Waals surface area contributed by atoms with E-state index < -0.39 is 0 Å². The Labute approximate surface area is 149 Å². The van der Waals surface area contributed by atoms with Gasteiger partial charge in [-0.3, -0.25) is 4.79 Å². The van der Waals surface area contributed by atoms with Gasteiger partial charge in [-0.1, -0.05) is 61.7 Å². The minimum absolute atomic E-state index is 0.176. The van der Waals surface area contributed by atoms with Crippen LogP contribution in [0.4, 0.5) is 0 Å². The van der Waals surface area contributed by atoms with Gasteiger partial charge in [0.2, 0.25) is 0 Å². The van der Waals surface area contributed by atoms with Crippen LogP contribution in [0.2, 0.25) is 0 Å². The number of Topliss-reactive ketones (excluding diaryl/α,β-unsaturated/α-hetero) is 1. The van der Waals surface area contributed by atoms with Gasteiger partial charge in [-0.2, -0.15) is 0 Å². The monoisotopic (exact) mass is 333 g/mol. The molecule has 2 atom stereocenters. The van der Waals surface area contributed by atoms with Crippen LogP contribution < -0.4 is 5.32 Å². The van der Waals surface area contributed by atoms with Crippen LogP contribution in [0.15, 0.2) is 74.2 Å². The number of aryl methyl sites for hydroxylation is 1. The van der Waals surface area contributed by atoms with Crippen molar-refractivity contribution in [3.8, 4) is 0 Å². The van der Waals surface area contributed by atoms with Crippen molar-refractivity contribution < 1.29 is 9.53 Å². The van der Waals surface area contributed by atoms with Crippen molar-refractivity contribution in [3.63, 3.8) is 0 Å². The highest BCUT2D eigenvalue weighted by atomic mass is 16.5. The zero-order valence-electron chi connectivity index (χ0n) is 14.3. The number of nitrogens with one attached hydrogen (secondary N) is 1. The molecule has 25 heavy (non-hydrogen) atoms. The van der Waals surface area contributed by atoms with E-state index in [0.717, 1.165) is 18.4 Å². The third-order valence-corrected chi connectivity index (χ3v) is 4.75. The molecule has 2 unspecified atom stereocenters. The largest absolute Gasteiger partial charge is 0.474 e. The second-order valence-electron chi connectivity index (χ2n) is 6.19. The Kier molecular flexibility index (Phi) is 5.46. The maximum atomic E-state index is 12.1. The van der Waals surface area contributed by atoms with Gasteiger partial charge in [0.15, 0.2) is 5.78 Å². The number of hydrogen-bond acceptors (Lipinski definition) is 3. The molecule has 2 aliphatic carbocycles. The topological polar surface area (TPSA) is 38.3 Å². The summed E-state index contributed by atoms with van der Waals surface area (Å²) >= 11 is 0. The van der Waals surface area contributed by atoms with Crippen molar-refractivity contribution in [2.24, 2.45) is 0 Å². The Morgan fingerprint density at radius 1 is 0.960 bits per heavy atom. The van der Waals surface area contributed by atoms with Gasteiger partial charge in [-0.05, 0) is 29.5 Å². The number of fused-ring (bicyclic) bond motifs is 2. The van der Waals surface area contributed by atoms with E-state index in [4.69, 9.17) is 0 Å². The molecule has 0 radical (unpaired) electrons. The fourth-order valence-electron chi connectivity index (χ4n) is 3.65.